The summed E-state index contributed by atoms with van der Waals surface area (Å²) in [6, 6.07) is 3.97. The van der Waals surface area contributed by atoms with Crippen molar-refractivity contribution in [2.45, 2.75) is 46.1 Å². The van der Waals surface area contributed by atoms with Crippen LogP contribution < -0.4 is 0 Å². The van der Waals surface area contributed by atoms with Crippen LogP contribution in [0, 0.1) is 6.92 Å². The summed E-state index contributed by atoms with van der Waals surface area (Å²) in [6.07, 6.45) is 8.30. The first kappa shape index (κ1) is 15.4. The van der Waals surface area contributed by atoms with Gasteiger partial charge in [-0.25, -0.2) is 9.67 Å². The molecule has 0 amide bonds. The van der Waals surface area contributed by atoms with Crippen LogP contribution >= 0.6 is 0 Å². The van der Waals surface area contributed by atoms with Crippen LogP contribution in [0.1, 0.15) is 56.4 Å². The minimum absolute atomic E-state index is 0.0533. The number of hydrogen-bond acceptors (Lipinski definition) is 4. The Balaban J connectivity index is 2.17. The third-order valence-corrected chi connectivity index (χ3v) is 3.91. The van der Waals surface area contributed by atoms with Crippen molar-refractivity contribution in [1.29, 1.82) is 0 Å². The molecule has 6 heteroatoms. The summed E-state index contributed by atoms with van der Waals surface area (Å²) in [5.41, 5.74) is 2.09. The summed E-state index contributed by atoms with van der Waals surface area (Å²) < 4.78 is 3.89. The smallest absolute Gasteiger partial charge is 0.157 e. The van der Waals surface area contributed by atoms with E-state index in [0.717, 1.165) is 29.3 Å². The van der Waals surface area contributed by atoms with Gasteiger partial charge in [-0.2, -0.15) is 10.2 Å². The average Bonchev–Trinajstić information content (AvgIpc) is 3.19. The molecule has 120 valence electrons. The topological polar surface area (TPSA) is 61.4 Å². The van der Waals surface area contributed by atoms with Gasteiger partial charge in [-0.05, 0) is 31.0 Å². The highest BCUT2D eigenvalue weighted by atomic mass is 15.4. The summed E-state index contributed by atoms with van der Waals surface area (Å²) in [5.74, 6) is 2.03. The molecule has 0 aliphatic rings. The van der Waals surface area contributed by atoms with E-state index in [-0.39, 0.29) is 12.0 Å². The maximum absolute atomic E-state index is 4.82. The Morgan fingerprint density at radius 2 is 2.04 bits per heavy atom. The lowest BCUT2D eigenvalue weighted by Crippen LogP contribution is -2.16. The number of hydrogen-bond donors (Lipinski definition) is 0. The van der Waals surface area contributed by atoms with Crippen molar-refractivity contribution < 1.29 is 0 Å². The molecule has 1 atom stereocenters. The lowest BCUT2D eigenvalue weighted by atomic mass is 10.2. The van der Waals surface area contributed by atoms with Gasteiger partial charge in [-0.1, -0.05) is 20.8 Å². The van der Waals surface area contributed by atoms with Gasteiger partial charge in [0.25, 0.3) is 0 Å². The number of aromatic nitrogens is 6. The van der Waals surface area contributed by atoms with Gasteiger partial charge in [0.05, 0.1) is 5.69 Å². The van der Waals surface area contributed by atoms with Crippen molar-refractivity contribution in [1.82, 2.24) is 29.5 Å². The maximum Gasteiger partial charge on any atom is 0.157 e. The molecule has 0 radical (unpaired) electrons. The second kappa shape index (κ2) is 6.32. The zero-order chi connectivity index (χ0) is 16.4. The van der Waals surface area contributed by atoms with E-state index in [1.807, 2.05) is 40.8 Å². The Kier molecular flexibility index (Phi) is 4.23. The second-order valence-corrected chi connectivity index (χ2v) is 5.97. The third kappa shape index (κ3) is 2.88. The molecule has 0 fully saturated rings. The van der Waals surface area contributed by atoms with Crippen molar-refractivity contribution in [3.05, 3.63) is 54.1 Å². The van der Waals surface area contributed by atoms with Crippen molar-refractivity contribution >= 4 is 0 Å². The van der Waals surface area contributed by atoms with Crippen molar-refractivity contribution in [3.8, 4) is 5.69 Å². The van der Waals surface area contributed by atoms with E-state index >= 15 is 0 Å². The highest BCUT2D eigenvalue weighted by Crippen LogP contribution is 2.25. The van der Waals surface area contributed by atoms with Crippen LogP contribution in [0.5, 0.6) is 0 Å². The lowest BCUT2D eigenvalue weighted by Gasteiger charge is -2.16. The molecule has 3 rings (SSSR count). The van der Waals surface area contributed by atoms with Crippen LogP contribution in [0.15, 0.2) is 36.9 Å². The van der Waals surface area contributed by atoms with E-state index in [4.69, 9.17) is 10.1 Å². The van der Waals surface area contributed by atoms with Crippen LogP contribution in [0.25, 0.3) is 5.69 Å². The number of nitrogens with zero attached hydrogens (tertiary/aromatic N) is 6. The van der Waals surface area contributed by atoms with Gasteiger partial charge < -0.3 is 0 Å². The van der Waals surface area contributed by atoms with Crippen molar-refractivity contribution in [2.75, 3.05) is 0 Å². The van der Waals surface area contributed by atoms with Crippen LogP contribution in [0.3, 0.4) is 0 Å². The second-order valence-electron chi connectivity index (χ2n) is 5.97. The highest BCUT2D eigenvalue weighted by molar-refractivity contribution is 5.38. The highest BCUT2D eigenvalue weighted by Gasteiger charge is 2.23. The van der Waals surface area contributed by atoms with E-state index in [9.17, 15) is 0 Å². The molecule has 0 unspecified atom stereocenters. The molecule has 0 aromatic carbocycles. The van der Waals surface area contributed by atoms with Gasteiger partial charge in [-0.15, -0.1) is 0 Å². The summed E-state index contributed by atoms with van der Waals surface area (Å²) in [7, 11) is 0. The van der Waals surface area contributed by atoms with Crippen molar-refractivity contribution in [3.63, 3.8) is 0 Å². The molecule has 0 saturated carbocycles. The largest absolute Gasteiger partial charge is 0.264 e. The van der Waals surface area contributed by atoms with Gasteiger partial charge in [0, 0.05) is 30.7 Å². The molecule has 3 heterocycles. The predicted molar refractivity (Wildman–Crippen MR) is 88.6 cm³/mol. The minimum Gasteiger partial charge on any atom is -0.264 e. The van der Waals surface area contributed by atoms with Crippen molar-refractivity contribution in [2.24, 2.45) is 0 Å². The van der Waals surface area contributed by atoms with E-state index in [1.165, 1.54) is 0 Å². The predicted octanol–water partition coefficient (Wildman–Crippen LogP) is 3.29. The lowest BCUT2D eigenvalue weighted by molar-refractivity contribution is 0.474. The fourth-order valence-electron chi connectivity index (χ4n) is 2.63. The molecule has 0 bridgehead atoms. The first-order chi connectivity index (χ1) is 11.1. The minimum atomic E-state index is 0.0533. The molecule has 0 saturated heterocycles. The molecule has 0 aliphatic heterocycles. The standard InChI is InChI=1S/C17H22N6/c1-5-14(22-10-6-8-19-22)17-20-16(12(2)3)21-23(17)15-7-9-18-11-13(15)4/h6-12,14H,5H2,1-4H3/t14-/m0/s1. The maximum atomic E-state index is 4.82. The van der Waals surface area contributed by atoms with E-state index in [2.05, 4.69) is 30.9 Å². The molecule has 3 aromatic heterocycles. The molecule has 0 N–H and O–H groups in total. The Morgan fingerprint density at radius 1 is 1.22 bits per heavy atom. The van der Waals surface area contributed by atoms with Crippen LogP contribution in [0.2, 0.25) is 0 Å². The van der Waals surface area contributed by atoms with Gasteiger partial charge in [-0.3, -0.25) is 9.67 Å². The molecule has 23 heavy (non-hydrogen) atoms. The van der Waals surface area contributed by atoms with Gasteiger partial charge in [0.2, 0.25) is 0 Å². The van der Waals surface area contributed by atoms with Crippen LogP contribution in [-0.2, 0) is 0 Å². The summed E-state index contributed by atoms with van der Waals surface area (Å²) in [6.45, 7) is 8.40. The normalized spacial score (nSPS) is 12.7. The third-order valence-electron chi connectivity index (χ3n) is 3.91. The first-order valence-electron chi connectivity index (χ1n) is 7.98. The Morgan fingerprint density at radius 3 is 2.65 bits per heavy atom. The zero-order valence-electron chi connectivity index (χ0n) is 14.0. The molecular formula is C17H22N6. The van der Waals surface area contributed by atoms with E-state index in [1.54, 1.807) is 12.4 Å². The SMILES string of the molecule is CC[C@@H](c1nc(C(C)C)nn1-c1ccncc1C)n1cccn1. The fraction of sp³-hybridized carbons (Fsp3) is 0.412. The van der Waals surface area contributed by atoms with Gasteiger partial charge >= 0.3 is 0 Å². The van der Waals surface area contributed by atoms with Crippen LogP contribution in [0.4, 0.5) is 0 Å². The Labute approximate surface area is 136 Å². The summed E-state index contributed by atoms with van der Waals surface area (Å²) in [4.78, 5) is 9.00. The van der Waals surface area contributed by atoms with Gasteiger partial charge in [0.15, 0.2) is 11.6 Å². The monoisotopic (exact) mass is 310 g/mol. The summed E-state index contributed by atoms with van der Waals surface area (Å²) in [5, 5.41) is 9.15. The van der Waals surface area contributed by atoms with Gasteiger partial charge in [0.1, 0.15) is 6.04 Å². The number of aryl methyl sites for hydroxylation is 1. The molecule has 3 aromatic rings. The van der Waals surface area contributed by atoms with Crippen LogP contribution in [-0.4, -0.2) is 29.5 Å². The number of rotatable bonds is 5. The first-order valence-corrected chi connectivity index (χ1v) is 7.98. The molecular weight excluding hydrogens is 288 g/mol. The number of pyridine rings is 1. The molecule has 0 spiro atoms. The zero-order valence-corrected chi connectivity index (χ0v) is 14.0. The fourth-order valence-corrected chi connectivity index (χ4v) is 2.63. The Hall–Kier alpha value is -2.50. The average molecular weight is 310 g/mol. The summed E-state index contributed by atoms with van der Waals surface area (Å²) >= 11 is 0. The van der Waals surface area contributed by atoms with E-state index < -0.39 is 0 Å². The molecule has 6 nitrogen and oxygen atoms in total. The quantitative estimate of drug-likeness (QED) is 0.725. The van der Waals surface area contributed by atoms with E-state index in [0.29, 0.717) is 0 Å². The molecule has 0 aliphatic carbocycles. The Bertz CT molecular complexity index is 772.